The minimum absolute atomic E-state index is 0.135. The van der Waals surface area contributed by atoms with Crippen molar-refractivity contribution < 1.29 is 9.18 Å². The second kappa shape index (κ2) is 4.59. The minimum Gasteiger partial charge on any atom is -0.317 e. The Labute approximate surface area is 122 Å². The van der Waals surface area contributed by atoms with Crippen molar-refractivity contribution in [1.82, 2.24) is 19.8 Å². The van der Waals surface area contributed by atoms with Gasteiger partial charge in [0.1, 0.15) is 5.82 Å². The number of hydrogen-bond donors (Lipinski definition) is 1. The van der Waals surface area contributed by atoms with E-state index in [0.717, 1.165) is 30.0 Å². The van der Waals surface area contributed by atoms with Gasteiger partial charge in [0.05, 0.1) is 5.69 Å². The molecule has 8 heteroatoms. The zero-order valence-corrected chi connectivity index (χ0v) is 11.6. The molecule has 2 heterocycles. The molecule has 0 saturated heterocycles. The molecule has 4 rings (SSSR count). The summed E-state index contributed by atoms with van der Waals surface area (Å²) in [6.45, 7) is 0. The largest absolute Gasteiger partial charge is 0.317 e. The molecule has 1 saturated carbocycles. The monoisotopic (exact) mass is 303 g/mol. The lowest BCUT2D eigenvalue weighted by molar-refractivity contribution is 0.102. The fourth-order valence-corrected chi connectivity index (χ4v) is 2.80. The molecular formula is C13H10FN5OS. The average Bonchev–Trinajstić information content (AvgIpc) is 3.09. The van der Waals surface area contributed by atoms with Gasteiger partial charge >= 0.3 is 0 Å². The first kappa shape index (κ1) is 12.4. The summed E-state index contributed by atoms with van der Waals surface area (Å²) in [5.41, 5.74) is 0.135. The predicted molar refractivity (Wildman–Crippen MR) is 75.0 cm³/mol. The fraction of sp³-hybridized carbons (Fsp3) is 0.231. The van der Waals surface area contributed by atoms with E-state index in [4.69, 9.17) is 0 Å². The van der Waals surface area contributed by atoms with Crippen molar-refractivity contribution in [3.05, 3.63) is 40.9 Å². The lowest BCUT2D eigenvalue weighted by Gasteiger charge is -2.03. The molecule has 6 nitrogen and oxygen atoms in total. The number of amides is 1. The van der Waals surface area contributed by atoms with Crippen LogP contribution in [0.3, 0.4) is 0 Å². The number of nitrogens with zero attached hydrogens (tertiary/aromatic N) is 4. The van der Waals surface area contributed by atoms with Gasteiger partial charge in [0.15, 0.2) is 5.82 Å². The Bertz CT molecular complexity index is 838. The Kier molecular flexibility index (Phi) is 2.71. The first-order valence-electron chi connectivity index (χ1n) is 6.50. The molecule has 1 fully saturated rings. The molecule has 106 valence electrons. The van der Waals surface area contributed by atoms with E-state index in [9.17, 15) is 9.18 Å². The number of aromatic nitrogens is 4. The van der Waals surface area contributed by atoms with Gasteiger partial charge in [-0.15, -0.1) is 15.3 Å². The maximum atomic E-state index is 13.5. The number of rotatable bonds is 3. The summed E-state index contributed by atoms with van der Waals surface area (Å²) in [4.78, 5) is 12.7. The van der Waals surface area contributed by atoms with Crippen LogP contribution in [-0.2, 0) is 0 Å². The molecule has 3 aromatic rings. The third-order valence-corrected chi connectivity index (χ3v) is 4.17. The van der Waals surface area contributed by atoms with Gasteiger partial charge in [-0.2, -0.15) is 4.52 Å². The lowest BCUT2D eigenvalue weighted by Crippen LogP contribution is -2.13. The van der Waals surface area contributed by atoms with Crippen LogP contribution in [0, 0.1) is 5.82 Å². The van der Waals surface area contributed by atoms with Crippen LogP contribution in [-0.4, -0.2) is 25.7 Å². The summed E-state index contributed by atoms with van der Waals surface area (Å²) in [7, 11) is 0. The van der Waals surface area contributed by atoms with Crippen LogP contribution in [0.25, 0.3) is 4.96 Å². The third-order valence-electron chi connectivity index (χ3n) is 3.27. The van der Waals surface area contributed by atoms with E-state index in [1.165, 1.54) is 12.1 Å². The summed E-state index contributed by atoms with van der Waals surface area (Å²) in [6, 6.07) is 6.01. The van der Waals surface area contributed by atoms with Crippen LogP contribution in [0.15, 0.2) is 24.3 Å². The van der Waals surface area contributed by atoms with E-state index < -0.39 is 11.7 Å². The first-order valence-corrected chi connectivity index (χ1v) is 7.32. The Balaban J connectivity index is 1.63. The van der Waals surface area contributed by atoms with Crippen molar-refractivity contribution in [3.8, 4) is 0 Å². The number of halogens is 1. The Hall–Kier alpha value is -2.35. The van der Waals surface area contributed by atoms with Crippen molar-refractivity contribution >= 4 is 27.9 Å². The highest BCUT2D eigenvalue weighted by Gasteiger charge is 2.30. The van der Waals surface area contributed by atoms with Gasteiger partial charge in [0.25, 0.3) is 5.91 Å². The van der Waals surface area contributed by atoms with Gasteiger partial charge in [-0.1, -0.05) is 23.5 Å². The lowest BCUT2D eigenvalue weighted by atomic mass is 10.3. The molecule has 0 spiro atoms. The highest BCUT2D eigenvalue weighted by molar-refractivity contribution is 7.18. The molecule has 1 N–H and O–H groups in total. The predicted octanol–water partition coefficient (Wildman–Crippen LogP) is 2.45. The number of carbonyl (C=O) groups excluding carboxylic acids is 1. The summed E-state index contributed by atoms with van der Waals surface area (Å²) >= 11 is 1.14. The number of fused-ring (bicyclic) bond motifs is 1. The Morgan fingerprint density at radius 3 is 2.90 bits per heavy atom. The van der Waals surface area contributed by atoms with Gasteiger partial charge in [-0.3, -0.25) is 4.79 Å². The van der Waals surface area contributed by atoms with E-state index in [0.29, 0.717) is 10.9 Å². The van der Waals surface area contributed by atoms with Crippen molar-refractivity contribution in [1.29, 1.82) is 0 Å². The highest BCUT2D eigenvalue weighted by atomic mass is 32.1. The van der Waals surface area contributed by atoms with Crippen molar-refractivity contribution in [2.45, 2.75) is 18.8 Å². The third kappa shape index (κ3) is 2.17. The van der Waals surface area contributed by atoms with Crippen molar-refractivity contribution in [2.75, 3.05) is 5.32 Å². The summed E-state index contributed by atoms with van der Waals surface area (Å²) in [5.74, 6) is 0.264. The molecule has 1 aromatic carbocycles. The van der Waals surface area contributed by atoms with Crippen LogP contribution in [0.1, 0.15) is 34.4 Å². The second-order valence-corrected chi connectivity index (χ2v) is 5.82. The highest BCUT2D eigenvalue weighted by Crippen LogP contribution is 2.39. The average molecular weight is 303 g/mol. The topological polar surface area (TPSA) is 72.2 Å². The maximum Gasteiger partial charge on any atom is 0.286 e. The second-order valence-electron chi connectivity index (χ2n) is 4.87. The molecule has 0 radical (unpaired) electrons. The van der Waals surface area contributed by atoms with E-state index in [-0.39, 0.29) is 10.7 Å². The standard InChI is InChI=1S/C13H10FN5OS/c14-8-3-1-2-4-9(8)15-11(20)12-18-19-10(7-5-6-7)16-17-13(19)21-12/h1-4,7H,5-6H2,(H,15,20). The SMILES string of the molecule is O=C(Nc1ccccc1F)c1nn2c(C3CC3)nnc2s1. The van der Waals surface area contributed by atoms with E-state index in [2.05, 4.69) is 20.6 Å². The minimum atomic E-state index is -0.479. The van der Waals surface area contributed by atoms with Crippen LogP contribution in [0.4, 0.5) is 10.1 Å². The zero-order valence-electron chi connectivity index (χ0n) is 10.8. The summed E-state index contributed by atoms with van der Waals surface area (Å²) < 4.78 is 15.1. The normalized spacial score (nSPS) is 14.5. The molecule has 21 heavy (non-hydrogen) atoms. The Morgan fingerprint density at radius 2 is 2.14 bits per heavy atom. The number of hydrogen-bond acceptors (Lipinski definition) is 5. The molecule has 1 aliphatic carbocycles. The van der Waals surface area contributed by atoms with Gasteiger partial charge < -0.3 is 5.32 Å². The van der Waals surface area contributed by atoms with Crippen LogP contribution >= 0.6 is 11.3 Å². The fourth-order valence-electron chi connectivity index (χ4n) is 2.06. The van der Waals surface area contributed by atoms with Gasteiger partial charge in [-0.05, 0) is 25.0 Å². The Morgan fingerprint density at radius 1 is 1.33 bits per heavy atom. The van der Waals surface area contributed by atoms with E-state index >= 15 is 0 Å². The van der Waals surface area contributed by atoms with Crippen molar-refractivity contribution in [2.24, 2.45) is 0 Å². The number of benzene rings is 1. The maximum absolute atomic E-state index is 13.5. The van der Waals surface area contributed by atoms with Gasteiger partial charge in [-0.25, -0.2) is 4.39 Å². The molecule has 0 bridgehead atoms. The van der Waals surface area contributed by atoms with E-state index in [1.54, 1.807) is 16.6 Å². The molecule has 1 amide bonds. The number of nitrogens with one attached hydrogen (secondary N) is 1. The molecular weight excluding hydrogens is 293 g/mol. The quantitative estimate of drug-likeness (QED) is 0.806. The molecule has 0 atom stereocenters. The number of carbonyl (C=O) groups is 1. The summed E-state index contributed by atoms with van der Waals surface area (Å²) in [6.07, 6.45) is 2.16. The smallest absolute Gasteiger partial charge is 0.286 e. The first-order chi connectivity index (χ1) is 10.2. The summed E-state index contributed by atoms with van der Waals surface area (Å²) in [5, 5.41) is 15.1. The molecule has 0 unspecified atom stereocenters. The van der Waals surface area contributed by atoms with E-state index in [1.807, 2.05) is 0 Å². The molecule has 1 aliphatic rings. The number of para-hydroxylation sites is 1. The molecule has 0 aliphatic heterocycles. The van der Waals surface area contributed by atoms with Gasteiger partial charge in [0.2, 0.25) is 9.97 Å². The van der Waals surface area contributed by atoms with Crippen LogP contribution in [0.2, 0.25) is 0 Å². The molecule has 2 aromatic heterocycles. The van der Waals surface area contributed by atoms with Gasteiger partial charge in [0, 0.05) is 5.92 Å². The zero-order chi connectivity index (χ0) is 14.4. The van der Waals surface area contributed by atoms with Crippen molar-refractivity contribution in [3.63, 3.8) is 0 Å². The van der Waals surface area contributed by atoms with Crippen LogP contribution in [0.5, 0.6) is 0 Å². The number of anilines is 1. The van der Waals surface area contributed by atoms with Crippen LogP contribution < -0.4 is 5.32 Å².